The molecule has 1 aliphatic heterocycles. The third kappa shape index (κ3) is 2.65. The highest BCUT2D eigenvalue weighted by Crippen LogP contribution is 2.25. The van der Waals surface area contributed by atoms with E-state index in [0.29, 0.717) is 6.54 Å². The molecule has 5 heteroatoms. The topological polar surface area (TPSA) is 55.6 Å². The van der Waals surface area contributed by atoms with Gasteiger partial charge < -0.3 is 14.2 Å². The van der Waals surface area contributed by atoms with E-state index >= 15 is 0 Å². The minimum absolute atomic E-state index is 0.0870. The standard InChI is InChI=1S/C16H20N2O3/c1-10-6-11(2)16-13(7-10)14(17-21-16)8-15(19)18-5-4-12(9-18)20-3/h6-7,12H,4-5,8-9H2,1-3H3. The molecule has 0 radical (unpaired) electrons. The Balaban J connectivity index is 1.81. The number of benzene rings is 1. The van der Waals surface area contributed by atoms with E-state index in [1.165, 1.54) is 0 Å². The Labute approximate surface area is 123 Å². The molecule has 21 heavy (non-hydrogen) atoms. The Kier molecular flexibility index (Phi) is 3.68. The first-order chi connectivity index (χ1) is 10.1. The number of aromatic nitrogens is 1. The lowest BCUT2D eigenvalue weighted by atomic mass is 10.1. The zero-order valence-electron chi connectivity index (χ0n) is 12.7. The molecule has 2 heterocycles. The van der Waals surface area contributed by atoms with Crippen LogP contribution in [0.1, 0.15) is 23.2 Å². The smallest absolute Gasteiger partial charge is 0.228 e. The number of amides is 1. The molecular weight excluding hydrogens is 268 g/mol. The fourth-order valence-electron chi connectivity index (χ4n) is 2.97. The average Bonchev–Trinajstić information content (AvgIpc) is 3.06. The van der Waals surface area contributed by atoms with E-state index < -0.39 is 0 Å². The van der Waals surface area contributed by atoms with Crippen LogP contribution in [0.4, 0.5) is 0 Å². The molecule has 0 saturated carbocycles. The molecule has 0 aliphatic carbocycles. The van der Waals surface area contributed by atoms with Gasteiger partial charge in [0.15, 0.2) is 5.58 Å². The predicted molar refractivity (Wildman–Crippen MR) is 79.2 cm³/mol. The zero-order chi connectivity index (χ0) is 15.0. The maximum atomic E-state index is 12.4. The summed E-state index contributed by atoms with van der Waals surface area (Å²) in [4.78, 5) is 14.2. The van der Waals surface area contributed by atoms with Crippen molar-refractivity contribution in [3.63, 3.8) is 0 Å². The number of aryl methyl sites for hydroxylation is 2. The Bertz CT molecular complexity index is 677. The molecule has 1 aliphatic rings. The third-order valence-corrected chi connectivity index (χ3v) is 4.13. The molecule has 3 rings (SSSR count). The Morgan fingerprint density at radius 3 is 3.00 bits per heavy atom. The summed E-state index contributed by atoms with van der Waals surface area (Å²) in [6, 6.07) is 4.09. The van der Waals surface area contributed by atoms with Crippen LogP contribution in [0.5, 0.6) is 0 Å². The molecular formula is C16H20N2O3. The highest BCUT2D eigenvalue weighted by Gasteiger charge is 2.27. The van der Waals surface area contributed by atoms with Gasteiger partial charge in [0.1, 0.15) is 5.69 Å². The van der Waals surface area contributed by atoms with Gasteiger partial charge in [-0.25, -0.2) is 0 Å². The van der Waals surface area contributed by atoms with Crippen molar-refractivity contribution in [3.05, 3.63) is 29.0 Å². The van der Waals surface area contributed by atoms with E-state index in [9.17, 15) is 4.79 Å². The van der Waals surface area contributed by atoms with Crippen molar-refractivity contribution in [1.82, 2.24) is 10.1 Å². The SMILES string of the molecule is COC1CCN(C(=O)Cc2noc3c(C)cc(C)cc23)C1. The van der Waals surface area contributed by atoms with Gasteiger partial charge in [0.2, 0.25) is 5.91 Å². The number of methoxy groups -OCH3 is 1. The minimum atomic E-state index is 0.0870. The fourth-order valence-corrected chi connectivity index (χ4v) is 2.97. The average molecular weight is 288 g/mol. The second-order valence-corrected chi connectivity index (χ2v) is 5.75. The van der Waals surface area contributed by atoms with Gasteiger partial charge in [0.25, 0.3) is 0 Å². The van der Waals surface area contributed by atoms with E-state index in [1.807, 2.05) is 24.8 Å². The maximum absolute atomic E-state index is 12.4. The normalized spacial score (nSPS) is 18.6. The van der Waals surface area contributed by atoms with Crippen molar-refractivity contribution in [2.75, 3.05) is 20.2 Å². The Morgan fingerprint density at radius 2 is 2.29 bits per heavy atom. The summed E-state index contributed by atoms with van der Waals surface area (Å²) in [7, 11) is 1.69. The largest absolute Gasteiger partial charge is 0.380 e. The molecule has 1 amide bonds. The summed E-state index contributed by atoms with van der Waals surface area (Å²) in [6.07, 6.45) is 1.35. The summed E-state index contributed by atoms with van der Waals surface area (Å²) < 4.78 is 10.7. The summed E-state index contributed by atoms with van der Waals surface area (Å²) in [6.45, 7) is 5.46. The molecule has 112 valence electrons. The highest BCUT2D eigenvalue weighted by molar-refractivity contribution is 5.88. The quantitative estimate of drug-likeness (QED) is 0.869. The van der Waals surface area contributed by atoms with Crippen molar-refractivity contribution in [2.24, 2.45) is 0 Å². The lowest BCUT2D eigenvalue weighted by Gasteiger charge is -2.15. The van der Waals surface area contributed by atoms with Gasteiger partial charge in [-0.3, -0.25) is 4.79 Å². The van der Waals surface area contributed by atoms with Crippen LogP contribution in [-0.2, 0) is 16.0 Å². The van der Waals surface area contributed by atoms with Crippen molar-refractivity contribution >= 4 is 16.9 Å². The molecule has 1 aromatic heterocycles. The van der Waals surface area contributed by atoms with Crippen LogP contribution in [0.2, 0.25) is 0 Å². The second kappa shape index (κ2) is 5.48. The summed E-state index contributed by atoms with van der Waals surface area (Å²) in [5.74, 6) is 0.0870. The summed E-state index contributed by atoms with van der Waals surface area (Å²) in [5.41, 5.74) is 3.71. The molecule has 1 aromatic carbocycles. The summed E-state index contributed by atoms with van der Waals surface area (Å²) >= 11 is 0. The first kappa shape index (κ1) is 14.1. The van der Waals surface area contributed by atoms with E-state index in [4.69, 9.17) is 9.26 Å². The third-order valence-electron chi connectivity index (χ3n) is 4.13. The van der Waals surface area contributed by atoms with Gasteiger partial charge in [0, 0.05) is 25.6 Å². The van der Waals surface area contributed by atoms with Crippen molar-refractivity contribution in [2.45, 2.75) is 32.8 Å². The molecule has 1 unspecified atom stereocenters. The van der Waals surface area contributed by atoms with Gasteiger partial charge in [0.05, 0.1) is 12.5 Å². The van der Waals surface area contributed by atoms with Crippen LogP contribution in [0, 0.1) is 13.8 Å². The lowest BCUT2D eigenvalue weighted by Crippen LogP contribution is -2.31. The number of ether oxygens (including phenoxy) is 1. The highest BCUT2D eigenvalue weighted by atomic mass is 16.5. The van der Waals surface area contributed by atoms with Crippen molar-refractivity contribution < 1.29 is 14.1 Å². The fraction of sp³-hybridized carbons (Fsp3) is 0.500. The molecule has 0 spiro atoms. The van der Waals surface area contributed by atoms with Crippen LogP contribution < -0.4 is 0 Å². The van der Waals surface area contributed by atoms with Crippen molar-refractivity contribution in [3.8, 4) is 0 Å². The Hall–Kier alpha value is -1.88. The molecule has 5 nitrogen and oxygen atoms in total. The summed E-state index contributed by atoms with van der Waals surface area (Å²) in [5, 5.41) is 5.04. The van der Waals surface area contributed by atoms with Gasteiger partial charge >= 0.3 is 0 Å². The van der Waals surface area contributed by atoms with Crippen LogP contribution in [0.3, 0.4) is 0 Å². The number of nitrogens with zero attached hydrogens (tertiary/aromatic N) is 2. The molecule has 1 atom stereocenters. The van der Waals surface area contributed by atoms with E-state index in [0.717, 1.165) is 40.8 Å². The molecule has 0 bridgehead atoms. The van der Waals surface area contributed by atoms with Crippen LogP contribution in [0.15, 0.2) is 16.7 Å². The number of carbonyl (C=O) groups is 1. The van der Waals surface area contributed by atoms with E-state index in [-0.39, 0.29) is 18.4 Å². The van der Waals surface area contributed by atoms with Crippen LogP contribution in [0.25, 0.3) is 11.0 Å². The molecule has 1 saturated heterocycles. The van der Waals surface area contributed by atoms with Gasteiger partial charge in [-0.2, -0.15) is 0 Å². The van der Waals surface area contributed by atoms with Gasteiger partial charge in [-0.1, -0.05) is 11.2 Å². The maximum Gasteiger partial charge on any atom is 0.228 e. The number of rotatable bonds is 3. The minimum Gasteiger partial charge on any atom is -0.380 e. The number of hydrogen-bond donors (Lipinski definition) is 0. The number of likely N-dealkylation sites (tertiary alicyclic amines) is 1. The van der Waals surface area contributed by atoms with E-state index in [1.54, 1.807) is 7.11 Å². The zero-order valence-corrected chi connectivity index (χ0v) is 12.7. The molecule has 2 aromatic rings. The number of hydrogen-bond acceptors (Lipinski definition) is 4. The monoisotopic (exact) mass is 288 g/mol. The van der Waals surface area contributed by atoms with Gasteiger partial charge in [-0.05, 0) is 37.5 Å². The second-order valence-electron chi connectivity index (χ2n) is 5.75. The number of carbonyl (C=O) groups excluding carboxylic acids is 1. The van der Waals surface area contributed by atoms with Gasteiger partial charge in [-0.15, -0.1) is 0 Å². The number of fused-ring (bicyclic) bond motifs is 1. The lowest BCUT2D eigenvalue weighted by molar-refractivity contribution is -0.129. The van der Waals surface area contributed by atoms with Crippen molar-refractivity contribution in [1.29, 1.82) is 0 Å². The first-order valence-electron chi connectivity index (χ1n) is 7.24. The Morgan fingerprint density at radius 1 is 1.48 bits per heavy atom. The first-order valence-corrected chi connectivity index (χ1v) is 7.24. The molecule has 0 N–H and O–H groups in total. The molecule has 1 fully saturated rings. The van der Waals surface area contributed by atoms with Crippen LogP contribution >= 0.6 is 0 Å². The predicted octanol–water partition coefficient (Wildman–Crippen LogP) is 2.23. The van der Waals surface area contributed by atoms with Crippen LogP contribution in [-0.4, -0.2) is 42.3 Å². The van der Waals surface area contributed by atoms with E-state index in [2.05, 4.69) is 11.2 Å².